The molecule has 31 heavy (non-hydrogen) atoms. The predicted octanol–water partition coefficient (Wildman–Crippen LogP) is 3.05. The first-order valence-corrected chi connectivity index (χ1v) is 9.88. The summed E-state index contributed by atoms with van der Waals surface area (Å²) in [6.07, 6.45) is 0. The van der Waals surface area contributed by atoms with Crippen LogP contribution < -0.4 is 21.3 Å². The third-order valence-corrected chi connectivity index (χ3v) is 4.45. The predicted molar refractivity (Wildman–Crippen MR) is 119 cm³/mol. The molecule has 0 saturated heterocycles. The maximum absolute atomic E-state index is 12.6. The van der Waals surface area contributed by atoms with E-state index in [1.807, 2.05) is 60.7 Å². The molecular formula is C24H24N4O3. The third kappa shape index (κ3) is 7.01. The van der Waals surface area contributed by atoms with Crippen LogP contribution >= 0.6 is 0 Å². The van der Waals surface area contributed by atoms with E-state index in [1.54, 1.807) is 24.3 Å². The lowest BCUT2D eigenvalue weighted by atomic mass is 10.1. The van der Waals surface area contributed by atoms with Crippen LogP contribution in [0.1, 0.15) is 21.5 Å². The second-order valence-corrected chi connectivity index (χ2v) is 6.78. The number of hydrogen-bond donors (Lipinski definition) is 4. The summed E-state index contributed by atoms with van der Waals surface area (Å²) in [7, 11) is 0. The second kappa shape index (κ2) is 11.2. The van der Waals surface area contributed by atoms with Gasteiger partial charge in [-0.3, -0.25) is 9.59 Å². The Kier molecular flexibility index (Phi) is 7.77. The van der Waals surface area contributed by atoms with Crippen LogP contribution in [0, 0.1) is 0 Å². The fourth-order valence-electron chi connectivity index (χ4n) is 2.86. The van der Waals surface area contributed by atoms with Crippen molar-refractivity contribution in [2.24, 2.45) is 0 Å². The summed E-state index contributed by atoms with van der Waals surface area (Å²) < 4.78 is 0. The second-order valence-electron chi connectivity index (χ2n) is 6.78. The molecular weight excluding hydrogens is 392 g/mol. The van der Waals surface area contributed by atoms with Gasteiger partial charge >= 0.3 is 6.03 Å². The Morgan fingerprint density at radius 3 is 1.81 bits per heavy atom. The lowest BCUT2D eigenvalue weighted by molar-refractivity contribution is -0.115. The van der Waals surface area contributed by atoms with Gasteiger partial charge in [0.1, 0.15) is 0 Å². The smallest absolute Gasteiger partial charge is 0.315 e. The minimum absolute atomic E-state index is 0.222. The van der Waals surface area contributed by atoms with Gasteiger partial charge in [0, 0.05) is 13.1 Å². The average Bonchev–Trinajstić information content (AvgIpc) is 2.81. The molecule has 0 radical (unpaired) electrons. The number of benzene rings is 3. The molecule has 0 atom stereocenters. The van der Waals surface area contributed by atoms with E-state index in [0.717, 1.165) is 11.1 Å². The van der Waals surface area contributed by atoms with Crippen molar-refractivity contribution in [3.05, 3.63) is 102 Å². The van der Waals surface area contributed by atoms with E-state index in [9.17, 15) is 14.4 Å². The minimum atomic E-state index is -0.451. The zero-order chi connectivity index (χ0) is 21.9. The van der Waals surface area contributed by atoms with E-state index >= 15 is 0 Å². The Hall–Kier alpha value is -4.13. The topological polar surface area (TPSA) is 99.3 Å². The van der Waals surface area contributed by atoms with Gasteiger partial charge in [-0.25, -0.2) is 4.79 Å². The van der Waals surface area contributed by atoms with Crippen molar-refractivity contribution in [2.45, 2.75) is 13.1 Å². The van der Waals surface area contributed by atoms with Crippen LogP contribution in [0.4, 0.5) is 10.5 Å². The van der Waals surface area contributed by atoms with Gasteiger partial charge in [-0.1, -0.05) is 72.8 Å². The molecule has 0 heterocycles. The van der Waals surface area contributed by atoms with E-state index in [0.29, 0.717) is 24.3 Å². The molecule has 4 N–H and O–H groups in total. The summed E-state index contributed by atoms with van der Waals surface area (Å²) in [6.45, 7) is 0.518. The number of urea groups is 1. The molecule has 3 aromatic carbocycles. The monoisotopic (exact) mass is 416 g/mol. The van der Waals surface area contributed by atoms with Crippen LogP contribution in [0.5, 0.6) is 0 Å². The van der Waals surface area contributed by atoms with E-state index in [2.05, 4.69) is 21.3 Å². The first-order chi connectivity index (χ1) is 15.1. The van der Waals surface area contributed by atoms with Crippen LogP contribution in [0.25, 0.3) is 0 Å². The summed E-state index contributed by atoms with van der Waals surface area (Å²) in [6, 6.07) is 25.3. The molecule has 3 rings (SSSR count). The minimum Gasteiger partial charge on any atom is -0.348 e. The number of carbonyl (C=O) groups excluding carboxylic acids is 3. The Balaban J connectivity index is 1.48. The summed E-state index contributed by atoms with van der Waals surface area (Å²) in [5.74, 6) is -0.730. The van der Waals surface area contributed by atoms with Gasteiger partial charge < -0.3 is 21.3 Å². The largest absolute Gasteiger partial charge is 0.348 e. The maximum atomic E-state index is 12.6. The van der Waals surface area contributed by atoms with Crippen LogP contribution in [-0.2, 0) is 17.9 Å². The fraction of sp³-hybridized carbons (Fsp3) is 0.125. The van der Waals surface area contributed by atoms with E-state index in [1.165, 1.54) is 0 Å². The number of amides is 4. The van der Waals surface area contributed by atoms with Gasteiger partial charge in [-0.05, 0) is 23.3 Å². The average molecular weight is 416 g/mol. The van der Waals surface area contributed by atoms with Crippen molar-refractivity contribution in [1.82, 2.24) is 16.0 Å². The first kappa shape index (κ1) is 21.6. The molecule has 0 aliphatic carbocycles. The number of para-hydroxylation sites is 1. The number of nitrogens with one attached hydrogen (secondary N) is 4. The summed E-state index contributed by atoms with van der Waals surface area (Å²) in [4.78, 5) is 36.7. The number of carbonyl (C=O) groups is 3. The Morgan fingerprint density at radius 2 is 1.16 bits per heavy atom. The highest BCUT2D eigenvalue weighted by atomic mass is 16.2. The van der Waals surface area contributed by atoms with Crippen LogP contribution in [0.2, 0.25) is 0 Å². The SMILES string of the molecule is O=C(CNC(=O)NCc1ccccc1)Nc1ccccc1C(=O)NCc1ccccc1. The van der Waals surface area contributed by atoms with Crippen molar-refractivity contribution in [2.75, 3.05) is 11.9 Å². The lowest BCUT2D eigenvalue weighted by Crippen LogP contribution is -2.39. The molecule has 0 fully saturated rings. The zero-order valence-corrected chi connectivity index (χ0v) is 16.9. The van der Waals surface area contributed by atoms with Crippen LogP contribution in [0.3, 0.4) is 0 Å². The molecule has 0 bridgehead atoms. The highest BCUT2D eigenvalue weighted by molar-refractivity contribution is 6.04. The molecule has 3 aromatic rings. The maximum Gasteiger partial charge on any atom is 0.315 e. The molecule has 0 spiro atoms. The Bertz CT molecular complexity index is 1020. The van der Waals surface area contributed by atoms with E-state index in [-0.39, 0.29) is 12.5 Å². The van der Waals surface area contributed by atoms with Crippen LogP contribution in [-0.4, -0.2) is 24.4 Å². The molecule has 0 saturated carbocycles. The summed E-state index contributed by atoms with van der Waals surface area (Å²) in [5, 5.41) is 10.7. The first-order valence-electron chi connectivity index (χ1n) is 9.88. The molecule has 7 heteroatoms. The number of rotatable bonds is 8. The van der Waals surface area contributed by atoms with Gasteiger partial charge in [0.05, 0.1) is 17.8 Å². The normalized spacial score (nSPS) is 10.1. The lowest BCUT2D eigenvalue weighted by Gasteiger charge is -2.12. The molecule has 158 valence electrons. The molecule has 0 aliphatic rings. The third-order valence-electron chi connectivity index (χ3n) is 4.45. The van der Waals surface area contributed by atoms with Gasteiger partial charge in [0.25, 0.3) is 5.91 Å². The fourth-order valence-corrected chi connectivity index (χ4v) is 2.86. The molecule has 4 amide bonds. The molecule has 0 aromatic heterocycles. The summed E-state index contributed by atoms with van der Waals surface area (Å²) >= 11 is 0. The van der Waals surface area contributed by atoms with Gasteiger partial charge in [-0.2, -0.15) is 0 Å². The molecule has 7 nitrogen and oxygen atoms in total. The van der Waals surface area contributed by atoms with Gasteiger partial charge in [-0.15, -0.1) is 0 Å². The van der Waals surface area contributed by atoms with Gasteiger partial charge in [0.15, 0.2) is 0 Å². The number of anilines is 1. The highest BCUT2D eigenvalue weighted by Crippen LogP contribution is 2.15. The quantitative estimate of drug-likeness (QED) is 0.454. The van der Waals surface area contributed by atoms with E-state index in [4.69, 9.17) is 0 Å². The zero-order valence-electron chi connectivity index (χ0n) is 16.9. The number of hydrogen-bond acceptors (Lipinski definition) is 3. The summed E-state index contributed by atoms with van der Waals surface area (Å²) in [5.41, 5.74) is 2.66. The standard InChI is InChI=1S/C24H24N4O3/c29-22(17-27-24(31)26-16-19-11-5-2-6-12-19)28-21-14-8-7-13-20(21)23(30)25-15-18-9-3-1-4-10-18/h1-14H,15-17H2,(H,25,30)(H,28,29)(H2,26,27,31). The molecule has 0 aliphatic heterocycles. The van der Waals surface area contributed by atoms with Crippen molar-refractivity contribution in [3.63, 3.8) is 0 Å². The highest BCUT2D eigenvalue weighted by Gasteiger charge is 2.13. The van der Waals surface area contributed by atoms with Crippen molar-refractivity contribution in [3.8, 4) is 0 Å². The Labute approximate surface area is 180 Å². The van der Waals surface area contributed by atoms with Crippen LogP contribution in [0.15, 0.2) is 84.9 Å². The van der Waals surface area contributed by atoms with Crippen molar-refractivity contribution < 1.29 is 14.4 Å². The van der Waals surface area contributed by atoms with E-state index < -0.39 is 11.9 Å². The Morgan fingerprint density at radius 1 is 0.613 bits per heavy atom. The van der Waals surface area contributed by atoms with Crippen molar-refractivity contribution >= 4 is 23.5 Å². The van der Waals surface area contributed by atoms with Gasteiger partial charge in [0.2, 0.25) is 5.91 Å². The van der Waals surface area contributed by atoms with Crippen molar-refractivity contribution in [1.29, 1.82) is 0 Å². The molecule has 0 unspecified atom stereocenters.